The minimum absolute atomic E-state index is 0.100. The summed E-state index contributed by atoms with van der Waals surface area (Å²) in [6.07, 6.45) is 7.57. The van der Waals surface area contributed by atoms with E-state index in [1.807, 2.05) is 0 Å². The van der Waals surface area contributed by atoms with Gasteiger partial charge in [0, 0.05) is 18.4 Å². The molecule has 0 spiro atoms. The van der Waals surface area contributed by atoms with Gasteiger partial charge in [0.25, 0.3) is 0 Å². The number of esters is 1. The van der Waals surface area contributed by atoms with E-state index in [0.717, 1.165) is 24.8 Å². The summed E-state index contributed by atoms with van der Waals surface area (Å²) in [5, 5.41) is 0.691. The van der Waals surface area contributed by atoms with Gasteiger partial charge in [-0.1, -0.05) is 31.5 Å². The normalized spacial score (nSPS) is 44.6. The molecule has 2 saturated carbocycles. The minimum atomic E-state index is -0.353. The highest BCUT2D eigenvalue weighted by Crippen LogP contribution is 2.66. The largest absolute Gasteiger partial charge is 0.462 e. The summed E-state index contributed by atoms with van der Waals surface area (Å²) in [5.41, 5.74) is 0.702. The van der Waals surface area contributed by atoms with Gasteiger partial charge in [-0.25, -0.2) is 0 Å². The number of hydrogen-bond donors (Lipinski definition) is 0. The van der Waals surface area contributed by atoms with Gasteiger partial charge in [0.15, 0.2) is 5.78 Å². The molecule has 4 aliphatic carbocycles. The van der Waals surface area contributed by atoms with E-state index >= 15 is 0 Å². The summed E-state index contributed by atoms with van der Waals surface area (Å²) in [5.74, 6) is 0.568. The average molecular weight is 405 g/mol. The maximum Gasteiger partial charge on any atom is 0.302 e. The van der Waals surface area contributed by atoms with E-state index in [2.05, 4.69) is 19.9 Å². The van der Waals surface area contributed by atoms with Crippen LogP contribution in [0.15, 0.2) is 22.8 Å². The molecule has 152 valence electrons. The molecule has 28 heavy (non-hydrogen) atoms. The van der Waals surface area contributed by atoms with Crippen LogP contribution in [0, 0.1) is 34.5 Å². The van der Waals surface area contributed by atoms with Crippen molar-refractivity contribution >= 4 is 29.1 Å². The fourth-order valence-corrected chi connectivity index (χ4v) is 7.54. The van der Waals surface area contributed by atoms with Crippen LogP contribution in [-0.2, 0) is 19.1 Å². The van der Waals surface area contributed by atoms with E-state index in [1.54, 1.807) is 13.0 Å². The second-order valence-electron chi connectivity index (χ2n) is 9.76. The molecule has 2 fully saturated rings. The van der Waals surface area contributed by atoms with E-state index in [9.17, 15) is 14.4 Å². The topological polar surface area (TPSA) is 60.4 Å². The van der Waals surface area contributed by atoms with Gasteiger partial charge in [-0.2, -0.15) is 0 Å². The van der Waals surface area contributed by atoms with Crippen LogP contribution in [0.25, 0.3) is 0 Å². The van der Waals surface area contributed by atoms with Crippen molar-refractivity contribution in [2.24, 2.45) is 34.5 Å². The molecule has 0 aromatic carbocycles. The van der Waals surface area contributed by atoms with E-state index in [0.29, 0.717) is 23.8 Å². The van der Waals surface area contributed by atoms with Crippen LogP contribution in [0.5, 0.6) is 0 Å². The SMILES string of the molecule is CC(=O)O[C@@H]1C[C@H]2[C@@H]3C=C(Cl)C4=CC(=O)CC[C@]4(C)[C@H]3CC[C@]2(C)[C@H]1C(C)=O. The first kappa shape index (κ1) is 19.9. The van der Waals surface area contributed by atoms with Crippen molar-refractivity contribution in [3.63, 3.8) is 0 Å². The summed E-state index contributed by atoms with van der Waals surface area (Å²) in [6, 6.07) is 0. The summed E-state index contributed by atoms with van der Waals surface area (Å²) >= 11 is 6.71. The van der Waals surface area contributed by atoms with Crippen molar-refractivity contribution in [1.82, 2.24) is 0 Å². The van der Waals surface area contributed by atoms with Crippen LogP contribution >= 0.6 is 11.6 Å². The minimum Gasteiger partial charge on any atom is -0.462 e. The lowest BCUT2D eigenvalue weighted by Crippen LogP contribution is -2.50. The lowest BCUT2D eigenvalue weighted by atomic mass is 9.48. The maximum atomic E-state index is 12.6. The molecule has 5 heteroatoms. The van der Waals surface area contributed by atoms with Crippen molar-refractivity contribution in [2.75, 3.05) is 0 Å². The molecule has 7 atom stereocenters. The predicted molar refractivity (Wildman–Crippen MR) is 107 cm³/mol. The molecule has 0 unspecified atom stereocenters. The summed E-state index contributed by atoms with van der Waals surface area (Å²) in [6.45, 7) is 7.49. The Labute approximate surface area is 171 Å². The van der Waals surface area contributed by atoms with E-state index in [-0.39, 0.29) is 52.2 Å². The quantitative estimate of drug-likeness (QED) is 0.630. The summed E-state index contributed by atoms with van der Waals surface area (Å²) in [7, 11) is 0. The van der Waals surface area contributed by atoms with Crippen LogP contribution in [0.1, 0.15) is 59.8 Å². The number of rotatable bonds is 2. The molecule has 0 aromatic heterocycles. The van der Waals surface area contributed by atoms with Crippen molar-refractivity contribution in [1.29, 1.82) is 0 Å². The van der Waals surface area contributed by atoms with E-state index in [4.69, 9.17) is 16.3 Å². The van der Waals surface area contributed by atoms with Crippen molar-refractivity contribution in [3.05, 3.63) is 22.8 Å². The van der Waals surface area contributed by atoms with Gasteiger partial charge in [-0.05, 0) is 72.8 Å². The Morgan fingerprint density at radius 1 is 1.18 bits per heavy atom. The van der Waals surface area contributed by atoms with Gasteiger partial charge in [0.1, 0.15) is 11.9 Å². The number of Topliss-reactive ketones (excluding diaryl/α,β-unsaturated/α-hetero) is 1. The van der Waals surface area contributed by atoms with Gasteiger partial charge < -0.3 is 4.74 Å². The highest BCUT2D eigenvalue weighted by molar-refractivity contribution is 6.32. The Morgan fingerprint density at radius 2 is 1.89 bits per heavy atom. The van der Waals surface area contributed by atoms with Gasteiger partial charge >= 0.3 is 5.97 Å². The van der Waals surface area contributed by atoms with E-state index < -0.39 is 0 Å². The molecular formula is C23H29ClO4. The fraction of sp³-hybridized carbons (Fsp3) is 0.696. The highest BCUT2D eigenvalue weighted by Gasteiger charge is 2.63. The molecule has 0 heterocycles. The highest BCUT2D eigenvalue weighted by atomic mass is 35.5. The molecule has 0 aromatic rings. The standard InChI is InChI=1S/C23H29ClO4/c1-12(25)21-20(28-13(2)26)11-17-15-10-19(24)18-9-14(27)5-7-22(18,3)16(15)6-8-23(17,21)4/h9-10,15-17,20-21H,5-8,11H2,1-4H3/t15-,16+,17+,20-,21+,22-,23+/m1/s1. The molecule has 4 aliphatic rings. The van der Waals surface area contributed by atoms with Gasteiger partial charge in [0.05, 0.1) is 5.92 Å². The van der Waals surface area contributed by atoms with Crippen molar-refractivity contribution in [2.45, 2.75) is 65.9 Å². The molecule has 4 rings (SSSR count). The average Bonchev–Trinajstić information content (AvgIpc) is 2.88. The lowest BCUT2D eigenvalue weighted by molar-refractivity contribution is -0.151. The van der Waals surface area contributed by atoms with Gasteiger partial charge in [-0.15, -0.1) is 0 Å². The number of carbonyl (C=O) groups is 3. The Balaban J connectivity index is 1.77. The third-order valence-electron chi connectivity index (χ3n) is 8.32. The van der Waals surface area contributed by atoms with Crippen LogP contribution in [0.2, 0.25) is 0 Å². The zero-order valence-electron chi connectivity index (χ0n) is 17.1. The molecule has 0 amide bonds. The number of carbonyl (C=O) groups excluding carboxylic acids is 3. The summed E-state index contributed by atoms with van der Waals surface area (Å²) in [4.78, 5) is 36.3. The van der Waals surface area contributed by atoms with Crippen molar-refractivity contribution in [3.8, 4) is 0 Å². The number of allylic oxidation sites excluding steroid dienone is 4. The van der Waals surface area contributed by atoms with Gasteiger partial charge in [-0.3, -0.25) is 14.4 Å². The zero-order chi connectivity index (χ0) is 20.4. The molecule has 0 saturated heterocycles. The third-order valence-corrected chi connectivity index (χ3v) is 8.65. The molecule has 0 bridgehead atoms. The smallest absolute Gasteiger partial charge is 0.302 e. The lowest BCUT2D eigenvalue weighted by Gasteiger charge is -2.56. The zero-order valence-corrected chi connectivity index (χ0v) is 17.8. The second kappa shape index (κ2) is 6.55. The monoisotopic (exact) mass is 404 g/mol. The molecular weight excluding hydrogens is 376 g/mol. The Bertz CT molecular complexity index is 811. The summed E-state index contributed by atoms with van der Waals surface area (Å²) < 4.78 is 5.63. The maximum absolute atomic E-state index is 12.6. The number of fused-ring (bicyclic) bond motifs is 5. The molecule has 0 radical (unpaired) electrons. The van der Waals surface area contributed by atoms with Crippen LogP contribution < -0.4 is 0 Å². The predicted octanol–water partition coefficient (Wildman–Crippen LogP) is 4.61. The van der Waals surface area contributed by atoms with Crippen molar-refractivity contribution < 1.29 is 19.1 Å². The molecule has 0 N–H and O–H groups in total. The Kier molecular flexibility index (Phi) is 4.65. The number of halogens is 1. The first-order valence-electron chi connectivity index (χ1n) is 10.4. The second-order valence-corrected chi connectivity index (χ2v) is 10.2. The van der Waals surface area contributed by atoms with E-state index in [1.165, 1.54) is 6.92 Å². The number of ether oxygens (including phenoxy) is 1. The Hall–Kier alpha value is -1.42. The van der Waals surface area contributed by atoms with Gasteiger partial charge in [0.2, 0.25) is 0 Å². The molecule has 0 aliphatic heterocycles. The first-order chi connectivity index (χ1) is 13.1. The fourth-order valence-electron chi connectivity index (χ4n) is 7.12. The third kappa shape index (κ3) is 2.74. The van der Waals surface area contributed by atoms with Crippen LogP contribution in [0.3, 0.4) is 0 Å². The Morgan fingerprint density at radius 3 is 2.54 bits per heavy atom. The van der Waals surface area contributed by atoms with Crippen LogP contribution in [0.4, 0.5) is 0 Å². The first-order valence-corrected chi connectivity index (χ1v) is 10.8. The number of hydrogen-bond acceptors (Lipinski definition) is 4. The molecule has 4 nitrogen and oxygen atoms in total. The van der Waals surface area contributed by atoms with Crippen LogP contribution in [-0.4, -0.2) is 23.6 Å². The number of ketones is 2.